The molecular weight excluding hydrogens is 290 g/mol. The second-order valence-electron chi connectivity index (χ2n) is 6.49. The van der Waals surface area contributed by atoms with E-state index in [1.807, 2.05) is 30.3 Å². The molecule has 0 bridgehead atoms. The minimum Gasteiger partial charge on any atom is -0.353 e. The summed E-state index contributed by atoms with van der Waals surface area (Å²) < 4.78 is 0. The van der Waals surface area contributed by atoms with Crippen molar-refractivity contribution < 1.29 is 9.59 Å². The number of carbonyl (C=O) groups excluding carboxylic acids is 2. The van der Waals surface area contributed by atoms with Crippen LogP contribution in [0.15, 0.2) is 30.3 Å². The second-order valence-corrected chi connectivity index (χ2v) is 6.49. The number of hydrogen-bond acceptors (Lipinski definition) is 3. The fraction of sp³-hybridized carbons (Fsp3) is 0.556. The average molecular weight is 315 g/mol. The Morgan fingerprint density at radius 3 is 2.65 bits per heavy atom. The maximum atomic E-state index is 12.6. The van der Waals surface area contributed by atoms with Crippen molar-refractivity contribution in [2.75, 3.05) is 24.5 Å². The lowest BCUT2D eigenvalue weighted by Crippen LogP contribution is -2.48. The Balaban J connectivity index is 1.60. The van der Waals surface area contributed by atoms with Crippen molar-refractivity contribution in [2.24, 2.45) is 0 Å². The van der Waals surface area contributed by atoms with Crippen molar-refractivity contribution in [3.8, 4) is 0 Å². The SMILES string of the molecule is CC(CNC(=O)C1CCC(=O)N1c1ccccc1)N1CCCC1. The van der Waals surface area contributed by atoms with Crippen molar-refractivity contribution in [2.45, 2.75) is 44.7 Å². The number of nitrogens with one attached hydrogen (secondary N) is 1. The summed E-state index contributed by atoms with van der Waals surface area (Å²) in [6, 6.07) is 9.44. The van der Waals surface area contributed by atoms with Gasteiger partial charge in [-0.3, -0.25) is 19.4 Å². The Bertz CT molecular complexity index is 555. The topological polar surface area (TPSA) is 52.7 Å². The fourth-order valence-corrected chi connectivity index (χ4v) is 3.52. The summed E-state index contributed by atoms with van der Waals surface area (Å²) in [7, 11) is 0. The van der Waals surface area contributed by atoms with Gasteiger partial charge < -0.3 is 5.32 Å². The molecule has 2 amide bonds. The normalized spacial score (nSPS) is 23.3. The van der Waals surface area contributed by atoms with Gasteiger partial charge in [-0.05, 0) is 51.4 Å². The van der Waals surface area contributed by atoms with Gasteiger partial charge in [0.2, 0.25) is 11.8 Å². The molecular formula is C18H25N3O2. The molecule has 23 heavy (non-hydrogen) atoms. The first-order valence-electron chi connectivity index (χ1n) is 8.55. The van der Waals surface area contributed by atoms with Gasteiger partial charge >= 0.3 is 0 Å². The molecule has 5 nitrogen and oxygen atoms in total. The van der Waals surface area contributed by atoms with Crippen molar-refractivity contribution in [3.05, 3.63) is 30.3 Å². The molecule has 2 saturated heterocycles. The molecule has 2 heterocycles. The van der Waals surface area contributed by atoms with Gasteiger partial charge in [-0.2, -0.15) is 0 Å². The van der Waals surface area contributed by atoms with Crippen molar-refractivity contribution in [1.29, 1.82) is 0 Å². The van der Waals surface area contributed by atoms with Gasteiger partial charge in [-0.1, -0.05) is 18.2 Å². The predicted octanol–water partition coefficient (Wildman–Crippen LogP) is 1.78. The number of likely N-dealkylation sites (tertiary alicyclic amines) is 1. The molecule has 2 aliphatic rings. The number of para-hydroxylation sites is 1. The molecule has 0 spiro atoms. The molecule has 2 unspecified atom stereocenters. The van der Waals surface area contributed by atoms with E-state index < -0.39 is 0 Å². The van der Waals surface area contributed by atoms with Crippen LogP contribution in [0.25, 0.3) is 0 Å². The third-order valence-corrected chi connectivity index (χ3v) is 4.88. The van der Waals surface area contributed by atoms with Crippen LogP contribution in [-0.4, -0.2) is 48.4 Å². The zero-order chi connectivity index (χ0) is 16.2. The van der Waals surface area contributed by atoms with Gasteiger partial charge in [-0.25, -0.2) is 0 Å². The van der Waals surface area contributed by atoms with Crippen LogP contribution in [0, 0.1) is 0 Å². The van der Waals surface area contributed by atoms with Crippen LogP contribution in [-0.2, 0) is 9.59 Å². The third-order valence-electron chi connectivity index (χ3n) is 4.88. The molecule has 0 saturated carbocycles. The summed E-state index contributed by atoms with van der Waals surface area (Å²) in [5.74, 6) is -0.00492. The van der Waals surface area contributed by atoms with Crippen LogP contribution in [0.3, 0.4) is 0 Å². The summed E-state index contributed by atoms with van der Waals surface area (Å²) in [6.07, 6.45) is 3.53. The maximum Gasteiger partial charge on any atom is 0.243 e. The standard InChI is InChI=1S/C18H25N3O2/c1-14(20-11-5-6-12-20)13-19-18(23)16-9-10-17(22)21(16)15-7-3-2-4-8-15/h2-4,7-8,14,16H,5-6,9-13H2,1H3,(H,19,23). The van der Waals surface area contributed by atoms with Crippen molar-refractivity contribution in [1.82, 2.24) is 10.2 Å². The number of benzene rings is 1. The second kappa shape index (κ2) is 7.13. The Kier molecular flexibility index (Phi) is 4.96. The molecule has 0 aliphatic carbocycles. The lowest BCUT2D eigenvalue weighted by molar-refractivity contribution is -0.124. The van der Waals surface area contributed by atoms with E-state index >= 15 is 0 Å². The largest absolute Gasteiger partial charge is 0.353 e. The number of hydrogen-bond donors (Lipinski definition) is 1. The van der Waals surface area contributed by atoms with E-state index in [1.54, 1.807) is 4.90 Å². The van der Waals surface area contributed by atoms with Gasteiger partial charge in [0, 0.05) is 24.7 Å². The van der Waals surface area contributed by atoms with Crippen molar-refractivity contribution >= 4 is 17.5 Å². The highest BCUT2D eigenvalue weighted by atomic mass is 16.2. The zero-order valence-electron chi connectivity index (χ0n) is 13.7. The monoisotopic (exact) mass is 315 g/mol. The van der Waals surface area contributed by atoms with E-state index in [4.69, 9.17) is 0 Å². The molecule has 3 rings (SSSR count). The molecule has 1 aromatic carbocycles. The molecule has 5 heteroatoms. The third kappa shape index (κ3) is 3.55. The van der Waals surface area contributed by atoms with E-state index in [1.165, 1.54) is 12.8 Å². The lowest BCUT2D eigenvalue weighted by Gasteiger charge is -2.27. The minimum absolute atomic E-state index is 0.0314. The van der Waals surface area contributed by atoms with Gasteiger partial charge in [0.1, 0.15) is 6.04 Å². The first-order chi connectivity index (χ1) is 11.2. The number of anilines is 1. The van der Waals surface area contributed by atoms with Crippen LogP contribution in [0.5, 0.6) is 0 Å². The molecule has 1 aromatic rings. The molecule has 0 radical (unpaired) electrons. The fourth-order valence-electron chi connectivity index (χ4n) is 3.52. The molecule has 124 valence electrons. The minimum atomic E-state index is -0.379. The van der Waals surface area contributed by atoms with Gasteiger partial charge in [0.15, 0.2) is 0 Å². The summed E-state index contributed by atoms with van der Waals surface area (Å²) in [4.78, 5) is 28.8. The summed E-state index contributed by atoms with van der Waals surface area (Å²) in [5.41, 5.74) is 0.808. The Morgan fingerprint density at radius 1 is 1.26 bits per heavy atom. The highest BCUT2D eigenvalue weighted by molar-refractivity contribution is 6.03. The van der Waals surface area contributed by atoms with E-state index in [2.05, 4.69) is 17.1 Å². The van der Waals surface area contributed by atoms with E-state index in [0.717, 1.165) is 18.8 Å². The van der Waals surface area contributed by atoms with E-state index in [0.29, 0.717) is 25.4 Å². The Morgan fingerprint density at radius 2 is 1.96 bits per heavy atom. The Labute approximate surface area is 137 Å². The van der Waals surface area contributed by atoms with Gasteiger partial charge in [0.05, 0.1) is 0 Å². The summed E-state index contributed by atoms with van der Waals surface area (Å²) in [6.45, 7) is 5.04. The molecule has 2 atom stereocenters. The quantitative estimate of drug-likeness (QED) is 0.901. The maximum absolute atomic E-state index is 12.6. The average Bonchev–Trinajstić information content (AvgIpc) is 3.22. The zero-order valence-corrected chi connectivity index (χ0v) is 13.7. The summed E-state index contributed by atoms with van der Waals surface area (Å²) >= 11 is 0. The molecule has 1 N–H and O–H groups in total. The highest BCUT2D eigenvalue weighted by Gasteiger charge is 2.37. The van der Waals surface area contributed by atoms with E-state index in [9.17, 15) is 9.59 Å². The first kappa shape index (κ1) is 16.0. The van der Waals surface area contributed by atoms with Crippen LogP contribution in [0.2, 0.25) is 0 Å². The van der Waals surface area contributed by atoms with Crippen LogP contribution >= 0.6 is 0 Å². The lowest BCUT2D eigenvalue weighted by atomic mass is 10.2. The number of rotatable bonds is 5. The predicted molar refractivity (Wildman–Crippen MR) is 90.2 cm³/mol. The molecule has 2 aliphatic heterocycles. The van der Waals surface area contributed by atoms with E-state index in [-0.39, 0.29) is 17.9 Å². The number of nitrogens with zero attached hydrogens (tertiary/aromatic N) is 2. The van der Waals surface area contributed by atoms with Crippen LogP contribution < -0.4 is 10.2 Å². The molecule has 0 aromatic heterocycles. The number of carbonyl (C=O) groups is 2. The van der Waals surface area contributed by atoms with Crippen LogP contribution in [0.1, 0.15) is 32.6 Å². The number of amides is 2. The van der Waals surface area contributed by atoms with Gasteiger partial charge in [-0.15, -0.1) is 0 Å². The Hall–Kier alpha value is -1.88. The van der Waals surface area contributed by atoms with Crippen LogP contribution in [0.4, 0.5) is 5.69 Å². The smallest absolute Gasteiger partial charge is 0.243 e. The van der Waals surface area contributed by atoms with Gasteiger partial charge in [0.25, 0.3) is 0 Å². The first-order valence-corrected chi connectivity index (χ1v) is 8.55. The van der Waals surface area contributed by atoms with Crippen molar-refractivity contribution in [3.63, 3.8) is 0 Å². The molecule has 2 fully saturated rings. The highest BCUT2D eigenvalue weighted by Crippen LogP contribution is 2.26. The summed E-state index contributed by atoms with van der Waals surface area (Å²) in [5, 5.41) is 3.05.